The number of hydrogen-bond donors (Lipinski definition) is 0. The van der Waals surface area contributed by atoms with E-state index >= 15 is 0 Å². The average Bonchev–Trinajstić information content (AvgIpc) is 2.46. The molecule has 0 N–H and O–H groups in total. The number of benzene rings is 2. The molecule has 2 aromatic carbocycles. The maximum atomic E-state index is 5.67. The van der Waals surface area contributed by atoms with E-state index in [4.69, 9.17) is 4.74 Å². The van der Waals surface area contributed by atoms with Crippen LogP contribution >= 0.6 is 0 Å². The van der Waals surface area contributed by atoms with Gasteiger partial charge in [0.25, 0.3) is 0 Å². The molecule has 0 aliphatic heterocycles. The molecule has 0 aliphatic rings. The highest BCUT2D eigenvalue weighted by molar-refractivity contribution is 5.33. The van der Waals surface area contributed by atoms with E-state index in [2.05, 4.69) is 67.6 Å². The monoisotopic (exact) mass is 240 g/mol. The Labute approximate surface area is 109 Å². The summed E-state index contributed by atoms with van der Waals surface area (Å²) >= 11 is 0. The molecule has 1 atom stereocenters. The molecule has 0 aliphatic carbocycles. The molecule has 1 nitrogen and oxygen atoms in total. The first kappa shape index (κ1) is 12.8. The lowest BCUT2D eigenvalue weighted by Gasteiger charge is -2.26. The molecule has 18 heavy (non-hydrogen) atoms. The van der Waals surface area contributed by atoms with Gasteiger partial charge in [-0.05, 0) is 17.5 Å². The summed E-state index contributed by atoms with van der Waals surface area (Å²) in [4.78, 5) is 0. The van der Waals surface area contributed by atoms with Gasteiger partial charge in [-0.2, -0.15) is 0 Å². The van der Waals surface area contributed by atoms with Crippen LogP contribution in [-0.4, -0.2) is 13.2 Å². The Morgan fingerprint density at radius 3 is 1.61 bits per heavy atom. The van der Waals surface area contributed by atoms with Crippen molar-refractivity contribution < 1.29 is 4.74 Å². The summed E-state index contributed by atoms with van der Waals surface area (Å²) in [5.41, 5.74) is 2.63. The largest absolute Gasteiger partial charge is 0.380 e. The van der Waals surface area contributed by atoms with E-state index in [0.717, 1.165) is 6.42 Å². The molecule has 0 radical (unpaired) electrons. The van der Waals surface area contributed by atoms with E-state index < -0.39 is 0 Å². The number of ether oxygens (including phenoxy) is 1. The quantitative estimate of drug-likeness (QED) is 0.759. The summed E-state index contributed by atoms with van der Waals surface area (Å²) < 4.78 is 5.67. The third kappa shape index (κ3) is 2.80. The van der Waals surface area contributed by atoms with Crippen LogP contribution in [0.25, 0.3) is 0 Å². The maximum absolute atomic E-state index is 5.67. The van der Waals surface area contributed by atoms with Gasteiger partial charge in [-0.1, -0.05) is 67.6 Å². The Morgan fingerprint density at radius 2 is 1.28 bits per heavy atom. The minimum absolute atomic E-state index is 0.217. The van der Waals surface area contributed by atoms with Crippen molar-refractivity contribution in [3.63, 3.8) is 0 Å². The smallest absolute Gasteiger partial charge is 0.0677 e. The summed E-state index contributed by atoms with van der Waals surface area (Å²) in [7, 11) is 1.80. The lowest BCUT2D eigenvalue weighted by molar-refractivity contribution is 0.0858. The SMILES string of the molecule is CCC(OC)C(c1ccccc1)c1ccccc1. The van der Waals surface area contributed by atoms with Crippen molar-refractivity contribution in [1.29, 1.82) is 0 Å². The van der Waals surface area contributed by atoms with Gasteiger partial charge in [-0.3, -0.25) is 0 Å². The molecule has 2 aromatic rings. The van der Waals surface area contributed by atoms with E-state index in [1.165, 1.54) is 11.1 Å². The van der Waals surface area contributed by atoms with E-state index in [-0.39, 0.29) is 6.10 Å². The number of hydrogen-bond acceptors (Lipinski definition) is 1. The fourth-order valence-corrected chi connectivity index (χ4v) is 2.48. The first-order valence-corrected chi connectivity index (χ1v) is 6.49. The van der Waals surface area contributed by atoms with Crippen molar-refractivity contribution in [1.82, 2.24) is 0 Å². The van der Waals surface area contributed by atoms with Crippen LogP contribution in [0.2, 0.25) is 0 Å². The van der Waals surface area contributed by atoms with Crippen molar-refractivity contribution >= 4 is 0 Å². The van der Waals surface area contributed by atoms with Gasteiger partial charge in [0.15, 0.2) is 0 Å². The van der Waals surface area contributed by atoms with Crippen LogP contribution < -0.4 is 0 Å². The first-order valence-electron chi connectivity index (χ1n) is 6.49. The molecule has 0 bridgehead atoms. The van der Waals surface area contributed by atoms with Gasteiger partial charge in [0.1, 0.15) is 0 Å². The molecule has 0 fully saturated rings. The van der Waals surface area contributed by atoms with Crippen LogP contribution in [0, 0.1) is 0 Å². The minimum Gasteiger partial charge on any atom is -0.380 e. The van der Waals surface area contributed by atoms with Crippen molar-refractivity contribution in [2.24, 2.45) is 0 Å². The predicted molar refractivity (Wildman–Crippen MR) is 75.8 cm³/mol. The first-order chi connectivity index (χ1) is 8.86. The minimum atomic E-state index is 0.217. The zero-order chi connectivity index (χ0) is 12.8. The van der Waals surface area contributed by atoms with Gasteiger partial charge in [0, 0.05) is 13.0 Å². The molecule has 0 spiro atoms. The van der Waals surface area contributed by atoms with Crippen LogP contribution in [-0.2, 0) is 4.74 Å². The van der Waals surface area contributed by atoms with Crippen LogP contribution in [0.3, 0.4) is 0 Å². The molecule has 1 heteroatoms. The summed E-state index contributed by atoms with van der Waals surface area (Å²) in [5, 5.41) is 0. The third-order valence-corrected chi connectivity index (χ3v) is 3.39. The fraction of sp³-hybridized carbons (Fsp3) is 0.294. The molecule has 0 heterocycles. The van der Waals surface area contributed by atoms with Gasteiger partial charge in [0.2, 0.25) is 0 Å². The lowest BCUT2D eigenvalue weighted by Crippen LogP contribution is -2.21. The molecule has 1 unspecified atom stereocenters. The summed E-state index contributed by atoms with van der Waals surface area (Å²) in [6.45, 7) is 2.17. The van der Waals surface area contributed by atoms with Gasteiger partial charge >= 0.3 is 0 Å². The zero-order valence-electron chi connectivity index (χ0n) is 11.0. The van der Waals surface area contributed by atoms with Gasteiger partial charge < -0.3 is 4.74 Å². The molecule has 0 aromatic heterocycles. The Balaban J connectivity index is 2.41. The highest BCUT2D eigenvalue weighted by Crippen LogP contribution is 2.30. The van der Waals surface area contributed by atoms with Gasteiger partial charge in [-0.15, -0.1) is 0 Å². The second kappa shape index (κ2) is 6.36. The van der Waals surface area contributed by atoms with E-state index in [1.807, 2.05) is 0 Å². The standard InChI is InChI=1S/C17H20O/c1-3-16(18-2)17(14-10-6-4-7-11-14)15-12-8-5-9-13-15/h4-13,16-17H,3H2,1-2H3. The fourth-order valence-electron chi connectivity index (χ4n) is 2.48. The molecular formula is C17H20O. The highest BCUT2D eigenvalue weighted by Gasteiger charge is 2.22. The van der Waals surface area contributed by atoms with Gasteiger partial charge in [-0.25, -0.2) is 0 Å². The Kier molecular flexibility index (Phi) is 4.54. The second-order valence-corrected chi connectivity index (χ2v) is 4.48. The Bertz CT molecular complexity index is 406. The maximum Gasteiger partial charge on any atom is 0.0677 e. The molecule has 0 saturated heterocycles. The van der Waals surface area contributed by atoms with E-state index in [9.17, 15) is 0 Å². The van der Waals surface area contributed by atoms with E-state index in [1.54, 1.807) is 7.11 Å². The van der Waals surface area contributed by atoms with Crippen LogP contribution in [0.4, 0.5) is 0 Å². The summed E-state index contributed by atoms with van der Waals surface area (Å²) in [6.07, 6.45) is 1.22. The third-order valence-electron chi connectivity index (χ3n) is 3.39. The van der Waals surface area contributed by atoms with Crippen LogP contribution in [0.5, 0.6) is 0 Å². The van der Waals surface area contributed by atoms with Crippen molar-refractivity contribution in [3.05, 3.63) is 71.8 Å². The number of rotatable bonds is 5. The summed E-state index contributed by atoms with van der Waals surface area (Å²) in [6, 6.07) is 21.2. The Morgan fingerprint density at radius 1 is 0.833 bits per heavy atom. The average molecular weight is 240 g/mol. The van der Waals surface area contributed by atoms with Crippen LogP contribution in [0.1, 0.15) is 30.4 Å². The molecule has 0 saturated carbocycles. The van der Waals surface area contributed by atoms with Crippen molar-refractivity contribution in [3.8, 4) is 0 Å². The van der Waals surface area contributed by atoms with Crippen molar-refractivity contribution in [2.75, 3.05) is 7.11 Å². The molecule has 2 rings (SSSR count). The normalized spacial score (nSPS) is 12.6. The lowest BCUT2D eigenvalue weighted by atomic mass is 9.85. The van der Waals surface area contributed by atoms with Gasteiger partial charge in [0.05, 0.1) is 6.10 Å². The zero-order valence-corrected chi connectivity index (χ0v) is 11.0. The highest BCUT2D eigenvalue weighted by atomic mass is 16.5. The van der Waals surface area contributed by atoms with Crippen molar-refractivity contribution in [2.45, 2.75) is 25.4 Å². The predicted octanol–water partition coefficient (Wildman–Crippen LogP) is 4.24. The van der Waals surface area contributed by atoms with Crippen LogP contribution in [0.15, 0.2) is 60.7 Å². The summed E-state index contributed by atoms with van der Waals surface area (Å²) in [5.74, 6) is 0.308. The van der Waals surface area contributed by atoms with E-state index in [0.29, 0.717) is 5.92 Å². The topological polar surface area (TPSA) is 9.23 Å². The molecule has 94 valence electrons. The molecule has 0 amide bonds. The molecular weight excluding hydrogens is 220 g/mol. The second-order valence-electron chi connectivity index (χ2n) is 4.48. The number of methoxy groups -OCH3 is 1. The Hall–Kier alpha value is -1.60.